The standard InChI is InChI=1S/C9H14N4O4/c1-9(2,3)17-8(16)10-6-5(7(14)15)11-13(4)12-6/h1-4H3,(H,14,15)(H,10,12,16). The first-order chi connectivity index (χ1) is 7.69. The van der Waals surface area contributed by atoms with E-state index < -0.39 is 17.7 Å². The van der Waals surface area contributed by atoms with Gasteiger partial charge in [-0.2, -0.15) is 4.80 Å². The second-order valence-electron chi connectivity index (χ2n) is 4.32. The Morgan fingerprint density at radius 3 is 2.41 bits per heavy atom. The molecule has 0 bridgehead atoms. The molecule has 0 spiro atoms. The molecule has 0 aliphatic heterocycles. The predicted molar refractivity (Wildman–Crippen MR) is 57.8 cm³/mol. The van der Waals surface area contributed by atoms with E-state index in [1.165, 1.54) is 7.05 Å². The first kappa shape index (κ1) is 12.9. The van der Waals surface area contributed by atoms with Crippen molar-refractivity contribution in [3.63, 3.8) is 0 Å². The Kier molecular flexibility index (Phi) is 3.35. The lowest BCUT2D eigenvalue weighted by molar-refractivity contribution is 0.0635. The van der Waals surface area contributed by atoms with Gasteiger partial charge in [0.05, 0.1) is 0 Å². The van der Waals surface area contributed by atoms with E-state index in [4.69, 9.17) is 9.84 Å². The van der Waals surface area contributed by atoms with Gasteiger partial charge in [0.15, 0.2) is 5.82 Å². The van der Waals surface area contributed by atoms with Crippen LogP contribution < -0.4 is 5.32 Å². The summed E-state index contributed by atoms with van der Waals surface area (Å²) < 4.78 is 4.97. The third-order valence-electron chi connectivity index (χ3n) is 1.54. The Hall–Kier alpha value is -2.12. The zero-order chi connectivity index (χ0) is 13.2. The molecule has 0 saturated carbocycles. The van der Waals surface area contributed by atoms with Crippen LogP contribution >= 0.6 is 0 Å². The normalized spacial score (nSPS) is 11.1. The van der Waals surface area contributed by atoms with Crippen molar-refractivity contribution < 1.29 is 19.4 Å². The van der Waals surface area contributed by atoms with Crippen LogP contribution in [0.5, 0.6) is 0 Å². The molecule has 1 heterocycles. The first-order valence-electron chi connectivity index (χ1n) is 4.83. The van der Waals surface area contributed by atoms with Crippen molar-refractivity contribution >= 4 is 17.9 Å². The van der Waals surface area contributed by atoms with E-state index in [0.717, 1.165) is 4.80 Å². The second kappa shape index (κ2) is 4.40. The maximum absolute atomic E-state index is 11.4. The van der Waals surface area contributed by atoms with E-state index in [1.807, 2.05) is 0 Å². The van der Waals surface area contributed by atoms with Crippen molar-refractivity contribution in [2.24, 2.45) is 7.05 Å². The highest BCUT2D eigenvalue weighted by molar-refractivity contribution is 5.95. The lowest BCUT2D eigenvalue weighted by atomic mass is 10.2. The SMILES string of the molecule is Cn1nc(NC(=O)OC(C)(C)C)c(C(=O)O)n1. The summed E-state index contributed by atoms with van der Waals surface area (Å²) in [4.78, 5) is 23.3. The third-order valence-corrected chi connectivity index (χ3v) is 1.54. The number of carbonyl (C=O) groups is 2. The van der Waals surface area contributed by atoms with E-state index in [0.29, 0.717) is 0 Å². The van der Waals surface area contributed by atoms with Crippen molar-refractivity contribution in [1.82, 2.24) is 15.0 Å². The summed E-state index contributed by atoms with van der Waals surface area (Å²) in [6, 6.07) is 0. The Bertz CT molecular complexity index is 446. The number of aromatic nitrogens is 3. The van der Waals surface area contributed by atoms with E-state index in [9.17, 15) is 9.59 Å². The van der Waals surface area contributed by atoms with Gasteiger partial charge in [0.1, 0.15) is 5.60 Å². The van der Waals surface area contributed by atoms with Gasteiger partial charge in [0.25, 0.3) is 0 Å². The average molecular weight is 242 g/mol. The van der Waals surface area contributed by atoms with Gasteiger partial charge in [-0.1, -0.05) is 0 Å². The zero-order valence-electron chi connectivity index (χ0n) is 10.0. The predicted octanol–water partition coefficient (Wildman–Crippen LogP) is 0.860. The summed E-state index contributed by atoms with van der Waals surface area (Å²) in [6.07, 6.45) is -0.777. The van der Waals surface area contributed by atoms with Crippen molar-refractivity contribution in [2.45, 2.75) is 26.4 Å². The van der Waals surface area contributed by atoms with Gasteiger partial charge >= 0.3 is 12.1 Å². The Balaban J connectivity index is 2.81. The molecule has 1 aromatic rings. The Morgan fingerprint density at radius 1 is 1.35 bits per heavy atom. The monoisotopic (exact) mass is 242 g/mol. The van der Waals surface area contributed by atoms with Crippen LogP contribution in [-0.2, 0) is 11.8 Å². The van der Waals surface area contributed by atoms with Crippen molar-refractivity contribution in [3.8, 4) is 0 Å². The van der Waals surface area contributed by atoms with Crippen LogP contribution in [0.15, 0.2) is 0 Å². The largest absolute Gasteiger partial charge is 0.476 e. The summed E-state index contributed by atoms with van der Waals surface area (Å²) in [5.41, 5.74) is -1.01. The molecule has 0 radical (unpaired) electrons. The molecule has 0 fully saturated rings. The molecule has 0 unspecified atom stereocenters. The highest BCUT2D eigenvalue weighted by atomic mass is 16.6. The molecule has 0 aliphatic carbocycles. The summed E-state index contributed by atoms with van der Waals surface area (Å²) in [6.45, 7) is 5.09. The lowest BCUT2D eigenvalue weighted by Gasteiger charge is -2.19. The third kappa shape index (κ3) is 3.74. The molecule has 0 aliphatic rings. The zero-order valence-corrected chi connectivity index (χ0v) is 10.0. The molecule has 0 saturated heterocycles. The van der Waals surface area contributed by atoms with Gasteiger partial charge in [-0.15, -0.1) is 10.2 Å². The molecule has 0 atom stereocenters. The number of anilines is 1. The van der Waals surface area contributed by atoms with Gasteiger partial charge in [0, 0.05) is 7.05 Å². The van der Waals surface area contributed by atoms with E-state index in [1.54, 1.807) is 20.8 Å². The maximum Gasteiger partial charge on any atom is 0.413 e. The van der Waals surface area contributed by atoms with Crippen LogP contribution in [0.25, 0.3) is 0 Å². The number of carboxylic acids is 1. The number of nitrogens with one attached hydrogen (secondary N) is 1. The molecule has 2 N–H and O–H groups in total. The fraction of sp³-hybridized carbons (Fsp3) is 0.556. The number of hydrogen-bond donors (Lipinski definition) is 2. The number of aromatic carboxylic acids is 1. The van der Waals surface area contributed by atoms with E-state index in [2.05, 4.69) is 15.5 Å². The minimum atomic E-state index is -1.27. The number of hydrogen-bond acceptors (Lipinski definition) is 5. The minimum absolute atomic E-state index is 0.144. The minimum Gasteiger partial charge on any atom is -0.476 e. The molecule has 0 aromatic carbocycles. The van der Waals surface area contributed by atoms with Crippen LogP contribution in [0.2, 0.25) is 0 Å². The second-order valence-corrected chi connectivity index (χ2v) is 4.32. The van der Waals surface area contributed by atoms with Crippen LogP contribution in [0, 0.1) is 0 Å². The summed E-state index contributed by atoms with van der Waals surface area (Å²) >= 11 is 0. The van der Waals surface area contributed by atoms with Gasteiger partial charge in [-0.3, -0.25) is 5.32 Å². The van der Waals surface area contributed by atoms with Crippen LogP contribution in [0.3, 0.4) is 0 Å². The average Bonchev–Trinajstić information content (AvgIpc) is 2.42. The molecule has 8 heteroatoms. The fourth-order valence-electron chi connectivity index (χ4n) is 1.04. The van der Waals surface area contributed by atoms with Crippen LogP contribution in [-0.4, -0.2) is 37.8 Å². The number of aryl methyl sites for hydroxylation is 1. The molecule has 17 heavy (non-hydrogen) atoms. The summed E-state index contributed by atoms with van der Waals surface area (Å²) in [7, 11) is 1.45. The molecule has 1 rings (SSSR count). The van der Waals surface area contributed by atoms with Gasteiger partial charge in [0.2, 0.25) is 5.69 Å². The number of ether oxygens (including phenoxy) is 1. The van der Waals surface area contributed by atoms with Crippen molar-refractivity contribution in [1.29, 1.82) is 0 Å². The Labute approximate surface area is 97.6 Å². The quantitative estimate of drug-likeness (QED) is 0.796. The molecular formula is C9H14N4O4. The Morgan fingerprint density at radius 2 is 1.94 bits per heavy atom. The highest BCUT2D eigenvalue weighted by Crippen LogP contribution is 2.12. The first-order valence-corrected chi connectivity index (χ1v) is 4.83. The summed E-state index contributed by atoms with van der Waals surface area (Å²) in [5, 5.41) is 18.4. The smallest absolute Gasteiger partial charge is 0.413 e. The molecule has 94 valence electrons. The van der Waals surface area contributed by atoms with Gasteiger partial charge in [-0.05, 0) is 20.8 Å². The number of rotatable bonds is 2. The van der Waals surface area contributed by atoms with Crippen molar-refractivity contribution in [3.05, 3.63) is 5.69 Å². The fourth-order valence-corrected chi connectivity index (χ4v) is 1.04. The lowest BCUT2D eigenvalue weighted by Crippen LogP contribution is -2.27. The number of nitrogens with zero attached hydrogens (tertiary/aromatic N) is 3. The molecule has 8 nitrogen and oxygen atoms in total. The maximum atomic E-state index is 11.4. The van der Waals surface area contributed by atoms with E-state index in [-0.39, 0.29) is 11.5 Å². The van der Waals surface area contributed by atoms with Crippen LogP contribution in [0.1, 0.15) is 31.3 Å². The van der Waals surface area contributed by atoms with Crippen LogP contribution in [0.4, 0.5) is 10.6 Å². The topological polar surface area (TPSA) is 106 Å². The number of carbonyl (C=O) groups excluding carboxylic acids is 1. The van der Waals surface area contributed by atoms with Gasteiger partial charge < -0.3 is 9.84 Å². The highest BCUT2D eigenvalue weighted by Gasteiger charge is 2.22. The van der Waals surface area contributed by atoms with Gasteiger partial charge in [-0.25, -0.2) is 9.59 Å². The molecular weight excluding hydrogens is 228 g/mol. The molecule has 1 amide bonds. The van der Waals surface area contributed by atoms with E-state index >= 15 is 0 Å². The number of carboxylic acid groups (broad SMARTS) is 1. The van der Waals surface area contributed by atoms with Crippen molar-refractivity contribution in [2.75, 3.05) is 5.32 Å². The summed E-state index contributed by atoms with van der Waals surface area (Å²) in [5.74, 6) is -1.42. The number of amides is 1. The molecule has 1 aromatic heterocycles.